The first-order valence-corrected chi connectivity index (χ1v) is 7.08. The fourth-order valence-corrected chi connectivity index (χ4v) is 2.73. The number of rotatable bonds is 4. The number of likely N-dealkylation sites (N-methyl/N-ethyl adjacent to an activating group) is 1. The highest BCUT2D eigenvalue weighted by atomic mass is 16.2. The molecule has 7 nitrogen and oxygen atoms in total. The lowest BCUT2D eigenvalue weighted by Gasteiger charge is -2.22. The Morgan fingerprint density at radius 2 is 2.19 bits per heavy atom. The Kier molecular flexibility index (Phi) is 3.92. The third kappa shape index (κ3) is 2.78. The summed E-state index contributed by atoms with van der Waals surface area (Å²) in [5.74, 6) is 0.809. The first-order valence-electron chi connectivity index (χ1n) is 7.08. The number of amides is 1. The fraction of sp³-hybridized carbons (Fsp3) is 0.429. The van der Waals surface area contributed by atoms with Crippen molar-refractivity contribution in [1.82, 2.24) is 30.4 Å². The van der Waals surface area contributed by atoms with E-state index in [1.54, 1.807) is 11.7 Å². The van der Waals surface area contributed by atoms with Crippen molar-refractivity contribution >= 4 is 5.91 Å². The van der Waals surface area contributed by atoms with Crippen molar-refractivity contribution in [1.29, 1.82) is 0 Å². The van der Waals surface area contributed by atoms with Crippen LogP contribution >= 0.6 is 0 Å². The maximum Gasteiger partial charge on any atom is 0.237 e. The van der Waals surface area contributed by atoms with Gasteiger partial charge in [-0.2, -0.15) is 4.68 Å². The van der Waals surface area contributed by atoms with Gasteiger partial charge < -0.3 is 5.32 Å². The molecular weight excluding hydrogens is 268 g/mol. The van der Waals surface area contributed by atoms with Crippen molar-refractivity contribution in [2.75, 3.05) is 13.6 Å². The number of benzene rings is 1. The summed E-state index contributed by atoms with van der Waals surface area (Å²) in [6, 6.07) is 9.68. The molecule has 0 unspecified atom stereocenters. The highest BCUT2D eigenvalue weighted by Gasteiger charge is 2.31. The van der Waals surface area contributed by atoms with Crippen molar-refractivity contribution in [2.45, 2.75) is 25.4 Å². The first kappa shape index (κ1) is 13.7. The molecule has 21 heavy (non-hydrogen) atoms. The zero-order valence-corrected chi connectivity index (χ0v) is 11.9. The van der Waals surface area contributed by atoms with E-state index in [2.05, 4.69) is 25.7 Å². The van der Waals surface area contributed by atoms with Crippen LogP contribution in [0.3, 0.4) is 0 Å². The molecule has 0 radical (unpaired) electrons. The molecular formula is C14H18N6O. The monoisotopic (exact) mass is 286 g/mol. The van der Waals surface area contributed by atoms with Gasteiger partial charge in [-0.25, -0.2) is 0 Å². The molecule has 1 fully saturated rings. The van der Waals surface area contributed by atoms with Crippen LogP contribution in [-0.2, 0) is 11.3 Å². The molecule has 2 heterocycles. The molecule has 1 aromatic carbocycles. The number of tetrazole rings is 1. The number of nitrogens with zero attached hydrogens (tertiary/aromatic N) is 5. The molecule has 1 saturated heterocycles. The van der Waals surface area contributed by atoms with Gasteiger partial charge >= 0.3 is 0 Å². The molecule has 7 heteroatoms. The van der Waals surface area contributed by atoms with Crippen molar-refractivity contribution in [3.8, 4) is 5.69 Å². The molecule has 1 N–H and O–H groups in total. The van der Waals surface area contributed by atoms with Crippen LogP contribution in [0, 0.1) is 0 Å². The summed E-state index contributed by atoms with van der Waals surface area (Å²) < 4.78 is 1.72. The van der Waals surface area contributed by atoms with Crippen LogP contribution in [0.5, 0.6) is 0 Å². The quantitative estimate of drug-likeness (QED) is 0.879. The fourth-order valence-electron chi connectivity index (χ4n) is 2.73. The Balaban J connectivity index is 1.80. The minimum Gasteiger partial charge on any atom is -0.358 e. The Hall–Kier alpha value is -2.28. The SMILES string of the molecule is CNC(=O)[C@@H]1CCCN1Cc1nnnn1-c1ccccc1. The highest BCUT2D eigenvalue weighted by Crippen LogP contribution is 2.20. The van der Waals surface area contributed by atoms with Gasteiger partial charge in [0, 0.05) is 7.05 Å². The van der Waals surface area contributed by atoms with Gasteiger partial charge in [0.05, 0.1) is 18.3 Å². The Morgan fingerprint density at radius 1 is 1.38 bits per heavy atom. The molecule has 3 rings (SSSR count). The number of nitrogens with one attached hydrogen (secondary N) is 1. The van der Waals surface area contributed by atoms with Gasteiger partial charge in [0.1, 0.15) is 0 Å². The average molecular weight is 286 g/mol. The first-order chi connectivity index (χ1) is 10.3. The van der Waals surface area contributed by atoms with E-state index >= 15 is 0 Å². The van der Waals surface area contributed by atoms with Crippen LogP contribution in [-0.4, -0.2) is 50.6 Å². The van der Waals surface area contributed by atoms with E-state index in [0.717, 1.165) is 30.9 Å². The molecule has 0 aliphatic carbocycles. The summed E-state index contributed by atoms with van der Waals surface area (Å²) in [5.41, 5.74) is 0.924. The third-order valence-electron chi connectivity index (χ3n) is 3.79. The summed E-state index contributed by atoms with van der Waals surface area (Å²) in [6.45, 7) is 1.46. The van der Waals surface area contributed by atoms with Crippen LogP contribution in [0.2, 0.25) is 0 Å². The Morgan fingerprint density at radius 3 is 2.95 bits per heavy atom. The normalized spacial score (nSPS) is 18.8. The van der Waals surface area contributed by atoms with E-state index in [9.17, 15) is 4.79 Å². The molecule has 1 aromatic heterocycles. The van der Waals surface area contributed by atoms with Crippen LogP contribution in [0.1, 0.15) is 18.7 Å². The van der Waals surface area contributed by atoms with Gasteiger partial charge in [-0.3, -0.25) is 9.69 Å². The average Bonchev–Trinajstić information content (AvgIpc) is 3.17. The summed E-state index contributed by atoms with van der Waals surface area (Å²) in [7, 11) is 1.67. The maximum atomic E-state index is 11.9. The number of aromatic nitrogens is 4. The lowest BCUT2D eigenvalue weighted by molar-refractivity contribution is -0.125. The van der Waals surface area contributed by atoms with Gasteiger partial charge in [0.25, 0.3) is 0 Å². The molecule has 110 valence electrons. The molecule has 0 spiro atoms. The minimum atomic E-state index is -0.0871. The maximum absolute atomic E-state index is 11.9. The minimum absolute atomic E-state index is 0.0613. The summed E-state index contributed by atoms with van der Waals surface area (Å²) >= 11 is 0. The number of para-hydroxylation sites is 1. The summed E-state index contributed by atoms with van der Waals surface area (Å²) in [4.78, 5) is 14.0. The largest absolute Gasteiger partial charge is 0.358 e. The van der Waals surface area contributed by atoms with E-state index in [1.165, 1.54) is 0 Å². The van der Waals surface area contributed by atoms with Gasteiger partial charge in [0.15, 0.2) is 5.82 Å². The van der Waals surface area contributed by atoms with Crippen LogP contribution in [0.4, 0.5) is 0 Å². The molecule has 1 aliphatic heterocycles. The van der Waals surface area contributed by atoms with Gasteiger partial charge in [-0.15, -0.1) is 5.10 Å². The van der Waals surface area contributed by atoms with Gasteiger partial charge in [0.2, 0.25) is 5.91 Å². The van der Waals surface area contributed by atoms with E-state index in [1.807, 2.05) is 30.3 Å². The number of carbonyl (C=O) groups excluding carboxylic acids is 1. The van der Waals surface area contributed by atoms with Crippen LogP contribution in [0.25, 0.3) is 5.69 Å². The summed E-state index contributed by atoms with van der Waals surface area (Å²) in [6.07, 6.45) is 1.90. The Bertz CT molecular complexity index is 611. The standard InChI is InChI=1S/C14H18N6O/c1-15-14(21)12-8-5-9-19(12)10-13-16-17-18-20(13)11-6-3-2-4-7-11/h2-4,6-7,12H,5,8-10H2,1H3,(H,15,21)/t12-/m0/s1. The topological polar surface area (TPSA) is 75.9 Å². The molecule has 1 atom stereocenters. The van der Waals surface area contributed by atoms with E-state index in [-0.39, 0.29) is 11.9 Å². The lowest BCUT2D eigenvalue weighted by atomic mass is 10.2. The van der Waals surface area contributed by atoms with E-state index in [0.29, 0.717) is 6.54 Å². The van der Waals surface area contributed by atoms with E-state index < -0.39 is 0 Å². The van der Waals surface area contributed by atoms with Crippen LogP contribution < -0.4 is 5.32 Å². The molecule has 1 aliphatic rings. The molecule has 2 aromatic rings. The van der Waals surface area contributed by atoms with Gasteiger partial charge in [-0.05, 0) is 41.9 Å². The lowest BCUT2D eigenvalue weighted by Crippen LogP contribution is -2.41. The third-order valence-corrected chi connectivity index (χ3v) is 3.79. The van der Waals surface area contributed by atoms with Crippen LogP contribution in [0.15, 0.2) is 30.3 Å². The Labute approximate surface area is 122 Å². The highest BCUT2D eigenvalue weighted by molar-refractivity contribution is 5.81. The van der Waals surface area contributed by atoms with Crippen molar-refractivity contribution in [2.24, 2.45) is 0 Å². The predicted molar refractivity (Wildman–Crippen MR) is 76.7 cm³/mol. The number of likely N-dealkylation sites (tertiary alicyclic amines) is 1. The molecule has 0 saturated carbocycles. The van der Waals surface area contributed by atoms with Crippen molar-refractivity contribution in [3.05, 3.63) is 36.2 Å². The zero-order chi connectivity index (χ0) is 14.7. The number of hydrogen-bond donors (Lipinski definition) is 1. The smallest absolute Gasteiger partial charge is 0.237 e. The molecule has 1 amide bonds. The molecule has 0 bridgehead atoms. The summed E-state index contributed by atoms with van der Waals surface area (Å²) in [5, 5.41) is 14.6. The second kappa shape index (κ2) is 6.01. The van der Waals surface area contributed by atoms with E-state index in [4.69, 9.17) is 0 Å². The predicted octanol–water partition coefficient (Wildman–Crippen LogP) is 0.373. The van der Waals surface area contributed by atoms with Crippen molar-refractivity contribution in [3.63, 3.8) is 0 Å². The second-order valence-electron chi connectivity index (χ2n) is 5.09. The van der Waals surface area contributed by atoms with Crippen molar-refractivity contribution < 1.29 is 4.79 Å². The number of hydrogen-bond acceptors (Lipinski definition) is 5. The zero-order valence-electron chi connectivity index (χ0n) is 11.9. The second-order valence-corrected chi connectivity index (χ2v) is 5.09. The van der Waals surface area contributed by atoms with Gasteiger partial charge in [-0.1, -0.05) is 18.2 Å². The number of carbonyl (C=O) groups is 1.